The molecule has 40 heavy (non-hydrogen) atoms. The minimum absolute atomic E-state index is 0.000288. The number of esters is 2. The molecule has 1 N–H and O–H groups in total. The van der Waals surface area contributed by atoms with Crippen molar-refractivity contribution >= 4 is 17.9 Å². The Labute approximate surface area is 241 Å². The van der Waals surface area contributed by atoms with Gasteiger partial charge in [-0.2, -0.15) is 0 Å². The summed E-state index contributed by atoms with van der Waals surface area (Å²) in [5, 5.41) is 10.6. The number of hydrogen-bond donors (Lipinski definition) is 1. The van der Waals surface area contributed by atoms with Crippen LogP contribution >= 0.6 is 0 Å². The van der Waals surface area contributed by atoms with E-state index in [1.54, 1.807) is 0 Å². The fourth-order valence-electron chi connectivity index (χ4n) is 11.4. The lowest BCUT2D eigenvalue weighted by Crippen LogP contribution is -2.67. The summed E-state index contributed by atoms with van der Waals surface area (Å²) in [6.07, 6.45) is 9.51. The summed E-state index contributed by atoms with van der Waals surface area (Å²) in [4.78, 5) is 37.3. The highest BCUT2D eigenvalue weighted by Gasteiger charge is 2.70. The van der Waals surface area contributed by atoms with E-state index in [0.29, 0.717) is 18.3 Å². The van der Waals surface area contributed by atoms with E-state index in [4.69, 9.17) is 9.47 Å². The molecule has 5 aliphatic carbocycles. The van der Waals surface area contributed by atoms with E-state index in [-0.39, 0.29) is 44.9 Å². The first-order valence-electron chi connectivity index (χ1n) is 15.6. The number of hydrogen-bond acceptors (Lipinski definition) is 5. The molecule has 0 amide bonds. The van der Waals surface area contributed by atoms with Gasteiger partial charge in [0, 0.05) is 19.3 Å². The van der Waals surface area contributed by atoms with Crippen LogP contribution in [0.5, 0.6) is 0 Å². The average molecular weight is 557 g/mol. The SMILES string of the molecule is CC(=O)O[C@H]1C[C@]2(C)[C@H]3CC=C4[C@@H]5CC(C)(C)CC[C@]5(C(=O)O)CC[C@@]4(C)[C@]3(C)CC[C@H]2C(C)(C)[C@H]1OC(C)=O. The Morgan fingerprint density at radius 2 is 1.45 bits per heavy atom. The van der Waals surface area contributed by atoms with Gasteiger partial charge in [-0.25, -0.2) is 0 Å². The Balaban J connectivity index is 1.59. The van der Waals surface area contributed by atoms with Crippen molar-refractivity contribution in [2.45, 2.75) is 132 Å². The Morgan fingerprint density at radius 1 is 0.825 bits per heavy atom. The van der Waals surface area contributed by atoms with Crippen LogP contribution in [-0.4, -0.2) is 35.2 Å². The van der Waals surface area contributed by atoms with Gasteiger partial charge in [0.15, 0.2) is 0 Å². The van der Waals surface area contributed by atoms with Crippen molar-refractivity contribution < 1.29 is 29.0 Å². The standard InChI is InChI=1S/C34H52O6/c1-20(35)39-24-19-31(7)25(30(5,6)27(24)40-21(2)36)12-13-33(9)26(31)11-10-22-23-18-29(3,4)14-16-34(23,28(37)38)17-15-32(22,33)8/h10,23-27H,11-19H2,1-9H3,(H,37,38)/t23-,24-,25-,26+,27-,31-,32+,33+,34-/m0/s1. The molecule has 0 aromatic rings. The number of fused-ring (bicyclic) bond motifs is 7. The second kappa shape index (κ2) is 9.07. The predicted octanol–water partition coefficient (Wildman–Crippen LogP) is 7.35. The third-order valence-electron chi connectivity index (χ3n) is 13.5. The molecule has 0 aliphatic heterocycles. The van der Waals surface area contributed by atoms with Gasteiger partial charge < -0.3 is 14.6 Å². The summed E-state index contributed by atoms with van der Waals surface area (Å²) in [6.45, 7) is 19.2. The van der Waals surface area contributed by atoms with E-state index in [0.717, 1.165) is 51.4 Å². The first kappa shape index (κ1) is 29.6. The van der Waals surface area contributed by atoms with E-state index < -0.39 is 23.6 Å². The molecule has 6 nitrogen and oxygen atoms in total. The normalized spacial score (nSPS) is 46.8. The van der Waals surface area contributed by atoms with Crippen molar-refractivity contribution in [1.82, 2.24) is 0 Å². The number of allylic oxidation sites excluding steroid dienone is 2. The highest BCUT2D eigenvalue weighted by atomic mass is 16.6. The molecular formula is C34H52O6. The minimum atomic E-state index is -0.643. The van der Waals surface area contributed by atoms with Crippen molar-refractivity contribution in [3.8, 4) is 0 Å². The Hall–Kier alpha value is -1.85. The number of carbonyl (C=O) groups is 3. The first-order chi connectivity index (χ1) is 18.3. The van der Waals surface area contributed by atoms with Gasteiger partial charge in [0.05, 0.1) is 5.41 Å². The van der Waals surface area contributed by atoms with E-state index >= 15 is 0 Å². The van der Waals surface area contributed by atoms with Crippen molar-refractivity contribution in [2.24, 2.45) is 50.2 Å². The van der Waals surface area contributed by atoms with Gasteiger partial charge in [0.2, 0.25) is 0 Å². The molecule has 4 saturated carbocycles. The maximum atomic E-state index is 12.9. The van der Waals surface area contributed by atoms with Gasteiger partial charge in [0.1, 0.15) is 12.2 Å². The van der Waals surface area contributed by atoms with E-state index in [1.807, 2.05) is 0 Å². The van der Waals surface area contributed by atoms with Crippen molar-refractivity contribution in [3.05, 3.63) is 11.6 Å². The molecule has 0 unspecified atom stereocenters. The van der Waals surface area contributed by atoms with Crippen molar-refractivity contribution in [1.29, 1.82) is 0 Å². The molecule has 9 atom stereocenters. The highest BCUT2D eigenvalue weighted by Crippen LogP contribution is 2.76. The maximum absolute atomic E-state index is 12.9. The van der Waals surface area contributed by atoms with Crippen LogP contribution in [0.1, 0.15) is 120 Å². The Kier molecular flexibility index (Phi) is 6.72. The zero-order chi connectivity index (χ0) is 29.7. The molecule has 0 heterocycles. The van der Waals surface area contributed by atoms with Gasteiger partial charge in [0.25, 0.3) is 0 Å². The topological polar surface area (TPSA) is 89.9 Å². The molecule has 0 spiro atoms. The molecule has 5 aliphatic rings. The quantitative estimate of drug-likeness (QED) is 0.289. The summed E-state index contributed by atoms with van der Waals surface area (Å²) in [7, 11) is 0. The van der Waals surface area contributed by atoms with Crippen LogP contribution in [0, 0.1) is 50.2 Å². The summed E-state index contributed by atoms with van der Waals surface area (Å²) in [6, 6.07) is 0. The van der Waals surface area contributed by atoms with Gasteiger partial charge in [-0.15, -0.1) is 0 Å². The maximum Gasteiger partial charge on any atom is 0.310 e. The Bertz CT molecular complexity index is 1140. The third kappa shape index (κ3) is 3.96. The van der Waals surface area contributed by atoms with E-state index in [9.17, 15) is 19.5 Å². The van der Waals surface area contributed by atoms with Crippen LogP contribution in [0.15, 0.2) is 11.6 Å². The number of rotatable bonds is 3. The van der Waals surface area contributed by atoms with Crippen LogP contribution in [0.3, 0.4) is 0 Å². The van der Waals surface area contributed by atoms with E-state index in [2.05, 4.69) is 54.5 Å². The third-order valence-corrected chi connectivity index (χ3v) is 13.5. The molecule has 6 heteroatoms. The second-order valence-electron chi connectivity index (χ2n) is 16.4. The number of carbonyl (C=O) groups excluding carboxylic acids is 2. The smallest absolute Gasteiger partial charge is 0.310 e. The molecule has 5 rings (SSSR count). The zero-order valence-electron chi connectivity index (χ0n) is 26.3. The fourth-order valence-corrected chi connectivity index (χ4v) is 11.4. The zero-order valence-corrected chi connectivity index (χ0v) is 26.3. The molecule has 4 fully saturated rings. The van der Waals surface area contributed by atoms with Crippen LogP contribution in [0.2, 0.25) is 0 Å². The van der Waals surface area contributed by atoms with Crippen molar-refractivity contribution in [3.63, 3.8) is 0 Å². The number of aliphatic carboxylic acids is 1. The lowest BCUT2D eigenvalue weighted by Gasteiger charge is -2.71. The average Bonchev–Trinajstić information content (AvgIpc) is 2.81. The fraction of sp³-hybridized carbons (Fsp3) is 0.853. The molecule has 0 bridgehead atoms. The molecule has 0 radical (unpaired) electrons. The van der Waals surface area contributed by atoms with Gasteiger partial charge in [-0.1, -0.05) is 60.1 Å². The minimum Gasteiger partial charge on any atom is -0.481 e. The van der Waals surface area contributed by atoms with Gasteiger partial charge in [-0.05, 0) is 97.2 Å². The lowest BCUT2D eigenvalue weighted by atomic mass is 9.33. The number of carboxylic acids is 1. The summed E-state index contributed by atoms with van der Waals surface area (Å²) in [5.41, 5.74) is 0.360. The summed E-state index contributed by atoms with van der Waals surface area (Å²) in [5.74, 6) is -0.528. The van der Waals surface area contributed by atoms with E-state index in [1.165, 1.54) is 19.4 Å². The first-order valence-corrected chi connectivity index (χ1v) is 15.6. The predicted molar refractivity (Wildman–Crippen MR) is 153 cm³/mol. The summed E-state index contributed by atoms with van der Waals surface area (Å²) >= 11 is 0. The number of carboxylic acid groups (broad SMARTS) is 1. The summed E-state index contributed by atoms with van der Waals surface area (Å²) < 4.78 is 11.8. The molecule has 0 saturated heterocycles. The highest BCUT2D eigenvalue weighted by molar-refractivity contribution is 5.76. The number of ether oxygens (including phenoxy) is 2. The largest absolute Gasteiger partial charge is 0.481 e. The lowest BCUT2D eigenvalue weighted by molar-refractivity contribution is -0.244. The van der Waals surface area contributed by atoms with Crippen LogP contribution in [0.4, 0.5) is 0 Å². The molecule has 224 valence electrons. The monoisotopic (exact) mass is 556 g/mol. The van der Waals surface area contributed by atoms with Crippen molar-refractivity contribution in [2.75, 3.05) is 0 Å². The molecule has 0 aromatic carbocycles. The van der Waals surface area contributed by atoms with Gasteiger partial charge in [-0.3, -0.25) is 14.4 Å². The van der Waals surface area contributed by atoms with Gasteiger partial charge >= 0.3 is 17.9 Å². The van der Waals surface area contributed by atoms with Crippen LogP contribution < -0.4 is 0 Å². The second-order valence-corrected chi connectivity index (χ2v) is 16.4. The van der Waals surface area contributed by atoms with Crippen LogP contribution in [0.25, 0.3) is 0 Å². The van der Waals surface area contributed by atoms with Crippen LogP contribution in [-0.2, 0) is 23.9 Å². The Morgan fingerprint density at radius 3 is 2.05 bits per heavy atom. The molecular weight excluding hydrogens is 504 g/mol. The molecule has 0 aromatic heterocycles.